The maximum atomic E-state index is 11.5. The van der Waals surface area contributed by atoms with Gasteiger partial charge in [-0.2, -0.15) is 0 Å². The average molecular weight is 208 g/mol. The van der Waals surface area contributed by atoms with Gasteiger partial charge in [-0.3, -0.25) is 9.59 Å². The molecule has 80 valence electrons. The molecular formula is C10H12N2O3. The fraction of sp³-hybridized carbons (Fsp3) is 0.400. The Balaban J connectivity index is 2.00. The molecule has 1 aromatic heterocycles. The summed E-state index contributed by atoms with van der Waals surface area (Å²) in [5.74, 6) is -0.776. The molecule has 2 N–H and O–H groups in total. The molecule has 0 spiro atoms. The molecule has 1 aromatic rings. The van der Waals surface area contributed by atoms with Crippen molar-refractivity contribution in [3.8, 4) is 0 Å². The molecule has 1 unspecified atom stereocenters. The number of nitrogens with two attached hydrogens (primary N) is 1. The SMILES string of the molecule is NC(=O)C1CC(=O)N(Cc2ccoc2)C1. The summed E-state index contributed by atoms with van der Waals surface area (Å²) >= 11 is 0. The predicted molar refractivity (Wildman–Crippen MR) is 51.4 cm³/mol. The molecule has 15 heavy (non-hydrogen) atoms. The molecule has 1 atom stereocenters. The third-order valence-corrected chi connectivity index (χ3v) is 2.57. The maximum absolute atomic E-state index is 11.5. The van der Waals surface area contributed by atoms with Crippen LogP contribution >= 0.6 is 0 Å². The Hall–Kier alpha value is -1.78. The minimum atomic E-state index is -0.405. The van der Waals surface area contributed by atoms with E-state index < -0.39 is 5.91 Å². The fourth-order valence-electron chi connectivity index (χ4n) is 1.72. The summed E-state index contributed by atoms with van der Waals surface area (Å²) in [4.78, 5) is 24.0. The number of carbonyl (C=O) groups is 2. The molecule has 1 saturated heterocycles. The summed E-state index contributed by atoms with van der Waals surface area (Å²) in [6.07, 6.45) is 3.37. The second-order valence-electron chi connectivity index (χ2n) is 3.71. The summed E-state index contributed by atoms with van der Waals surface area (Å²) in [5.41, 5.74) is 6.08. The van der Waals surface area contributed by atoms with E-state index in [2.05, 4.69) is 0 Å². The first-order chi connectivity index (χ1) is 7.16. The first-order valence-electron chi connectivity index (χ1n) is 4.75. The van der Waals surface area contributed by atoms with Crippen molar-refractivity contribution >= 4 is 11.8 Å². The van der Waals surface area contributed by atoms with Crippen molar-refractivity contribution in [1.82, 2.24) is 4.90 Å². The molecule has 1 aliphatic rings. The van der Waals surface area contributed by atoms with Crippen LogP contribution in [0, 0.1) is 5.92 Å². The summed E-state index contributed by atoms with van der Waals surface area (Å²) in [6.45, 7) is 0.901. The second kappa shape index (κ2) is 3.76. The Labute approximate surface area is 86.8 Å². The smallest absolute Gasteiger partial charge is 0.223 e. The van der Waals surface area contributed by atoms with Crippen LogP contribution < -0.4 is 5.73 Å². The molecule has 1 aliphatic heterocycles. The van der Waals surface area contributed by atoms with Crippen molar-refractivity contribution in [3.63, 3.8) is 0 Å². The highest BCUT2D eigenvalue weighted by atomic mass is 16.3. The molecule has 0 radical (unpaired) electrons. The lowest BCUT2D eigenvalue weighted by Gasteiger charge is -2.14. The Bertz CT molecular complexity index is 372. The van der Waals surface area contributed by atoms with Crippen molar-refractivity contribution in [2.75, 3.05) is 6.54 Å². The molecule has 0 bridgehead atoms. The lowest BCUT2D eigenvalue weighted by atomic mass is 10.1. The van der Waals surface area contributed by atoms with Gasteiger partial charge >= 0.3 is 0 Å². The lowest BCUT2D eigenvalue weighted by Crippen LogP contribution is -2.28. The number of amides is 2. The third kappa shape index (κ3) is 2.01. The molecule has 2 rings (SSSR count). The zero-order valence-electron chi connectivity index (χ0n) is 8.18. The Kier molecular flexibility index (Phi) is 2.45. The highest BCUT2D eigenvalue weighted by Crippen LogP contribution is 2.19. The number of furan rings is 1. The first-order valence-corrected chi connectivity index (χ1v) is 4.75. The number of nitrogens with zero attached hydrogens (tertiary/aromatic N) is 1. The molecular weight excluding hydrogens is 196 g/mol. The van der Waals surface area contributed by atoms with E-state index in [-0.39, 0.29) is 18.2 Å². The van der Waals surface area contributed by atoms with E-state index in [4.69, 9.17) is 10.2 Å². The number of rotatable bonds is 3. The van der Waals surface area contributed by atoms with Crippen LogP contribution in [-0.4, -0.2) is 23.3 Å². The summed E-state index contributed by atoms with van der Waals surface area (Å²) in [5, 5.41) is 0. The van der Waals surface area contributed by atoms with E-state index in [1.807, 2.05) is 0 Å². The number of carbonyl (C=O) groups excluding carboxylic acids is 2. The van der Waals surface area contributed by atoms with Gasteiger partial charge in [-0.05, 0) is 6.07 Å². The van der Waals surface area contributed by atoms with Crippen molar-refractivity contribution in [1.29, 1.82) is 0 Å². The second-order valence-corrected chi connectivity index (χ2v) is 3.71. The topological polar surface area (TPSA) is 76.5 Å². The first kappa shape index (κ1) is 9.76. The summed E-state index contributed by atoms with van der Waals surface area (Å²) in [6, 6.07) is 1.80. The highest BCUT2D eigenvalue weighted by molar-refractivity contribution is 5.88. The van der Waals surface area contributed by atoms with E-state index in [0.29, 0.717) is 13.1 Å². The minimum absolute atomic E-state index is 0.0278. The lowest BCUT2D eigenvalue weighted by molar-refractivity contribution is -0.128. The zero-order chi connectivity index (χ0) is 10.8. The van der Waals surface area contributed by atoms with E-state index >= 15 is 0 Å². The van der Waals surface area contributed by atoms with Crippen molar-refractivity contribution in [2.45, 2.75) is 13.0 Å². The summed E-state index contributed by atoms with van der Waals surface area (Å²) in [7, 11) is 0. The monoisotopic (exact) mass is 208 g/mol. The van der Waals surface area contributed by atoms with Gasteiger partial charge in [-0.25, -0.2) is 0 Å². The Morgan fingerprint density at radius 1 is 1.67 bits per heavy atom. The highest BCUT2D eigenvalue weighted by Gasteiger charge is 2.32. The predicted octanol–water partition coefficient (Wildman–Crippen LogP) is 0.113. The Morgan fingerprint density at radius 3 is 3.00 bits per heavy atom. The standard InChI is InChI=1S/C10H12N2O3/c11-10(14)8-3-9(13)12(5-8)4-7-1-2-15-6-7/h1-2,6,8H,3-5H2,(H2,11,14). The quantitative estimate of drug-likeness (QED) is 0.766. The van der Waals surface area contributed by atoms with Crippen LogP contribution in [0.15, 0.2) is 23.0 Å². The van der Waals surface area contributed by atoms with Gasteiger partial charge in [-0.15, -0.1) is 0 Å². The largest absolute Gasteiger partial charge is 0.472 e. The molecule has 5 nitrogen and oxygen atoms in total. The number of hydrogen-bond acceptors (Lipinski definition) is 3. The van der Waals surface area contributed by atoms with Gasteiger partial charge in [-0.1, -0.05) is 0 Å². The van der Waals surface area contributed by atoms with E-state index in [0.717, 1.165) is 5.56 Å². The van der Waals surface area contributed by atoms with E-state index in [9.17, 15) is 9.59 Å². The van der Waals surface area contributed by atoms with E-state index in [1.165, 1.54) is 0 Å². The molecule has 2 amide bonds. The average Bonchev–Trinajstić information content (AvgIpc) is 2.77. The normalized spacial score (nSPS) is 20.9. The minimum Gasteiger partial charge on any atom is -0.472 e. The number of hydrogen-bond donors (Lipinski definition) is 1. The summed E-state index contributed by atoms with van der Waals surface area (Å²) < 4.78 is 4.90. The van der Waals surface area contributed by atoms with Crippen LogP contribution in [-0.2, 0) is 16.1 Å². The number of likely N-dealkylation sites (tertiary alicyclic amines) is 1. The van der Waals surface area contributed by atoms with Gasteiger partial charge < -0.3 is 15.1 Å². The van der Waals surface area contributed by atoms with Crippen LogP contribution in [0.1, 0.15) is 12.0 Å². The zero-order valence-corrected chi connectivity index (χ0v) is 8.18. The third-order valence-electron chi connectivity index (χ3n) is 2.57. The molecule has 5 heteroatoms. The molecule has 0 aliphatic carbocycles. The fourth-order valence-corrected chi connectivity index (χ4v) is 1.72. The molecule has 2 heterocycles. The van der Waals surface area contributed by atoms with Crippen LogP contribution in [0.25, 0.3) is 0 Å². The maximum Gasteiger partial charge on any atom is 0.223 e. The number of primary amides is 1. The van der Waals surface area contributed by atoms with Gasteiger partial charge in [0, 0.05) is 25.1 Å². The van der Waals surface area contributed by atoms with Crippen molar-refractivity contribution in [2.24, 2.45) is 11.7 Å². The molecule has 0 saturated carbocycles. The van der Waals surface area contributed by atoms with Crippen LogP contribution in [0.4, 0.5) is 0 Å². The Morgan fingerprint density at radius 2 is 2.47 bits per heavy atom. The van der Waals surface area contributed by atoms with Crippen LogP contribution in [0.2, 0.25) is 0 Å². The van der Waals surface area contributed by atoms with Gasteiger partial charge in [0.05, 0.1) is 18.4 Å². The van der Waals surface area contributed by atoms with Gasteiger partial charge in [0.25, 0.3) is 0 Å². The van der Waals surface area contributed by atoms with Crippen molar-refractivity contribution < 1.29 is 14.0 Å². The molecule has 1 fully saturated rings. The van der Waals surface area contributed by atoms with Gasteiger partial charge in [0.2, 0.25) is 11.8 Å². The van der Waals surface area contributed by atoms with Gasteiger partial charge in [0.15, 0.2) is 0 Å². The van der Waals surface area contributed by atoms with Gasteiger partial charge in [0.1, 0.15) is 0 Å². The van der Waals surface area contributed by atoms with E-state index in [1.54, 1.807) is 23.5 Å². The van der Waals surface area contributed by atoms with Crippen molar-refractivity contribution in [3.05, 3.63) is 24.2 Å². The molecule has 0 aromatic carbocycles. The van der Waals surface area contributed by atoms with Crippen LogP contribution in [0.5, 0.6) is 0 Å². The van der Waals surface area contributed by atoms with Crippen LogP contribution in [0.3, 0.4) is 0 Å².